The molecule has 0 radical (unpaired) electrons. The molecular formula is C10H21NO3. The number of ether oxygens (including phenoxy) is 1. The van der Waals surface area contributed by atoms with E-state index in [1.54, 1.807) is 7.05 Å². The van der Waals surface area contributed by atoms with Crippen LogP contribution < -0.4 is 5.32 Å². The van der Waals surface area contributed by atoms with Crippen LogP contribution in [0.4, 0.5) is 0 Å². The number of likely N-dealkylation sites (N-methyl/N-ethyl adjacent to an activating group) is 1. The maximum Gasteiger partial charge on any atom is 0.306 e. The van der Waals surface area contributed by atoms with Crippen molar-refractivity contribution in [3.8, 4) is 0 Å². The van der Waals surface area contributed by atoms with E-state index in [0.717, 1.165) is 0 Å². The number of carbonyl (C=O) groups excluding carboxylic acids is 1. The number of hydrogen-bond donors (Lipinski definition) is 2. The Hall–Kier alpha value is -0.610. The molecule has 0 aliphatic carbocycles. The summed E-state index contributed by atoms with van der Waals surface area (Å²) in [5.41, 5.74) is -0.425. The predicted molar refractivity (Wildman–Crippen MR) is 55.0 cm³/mol. The number of aliphatic hydroxyl groups excluding tert-OH is 1. The fourth-order valence-corrected chi connectivity index (χ4v) is 1.01. The van der Waals surface area contributed by atoms with Gasteiger partial charge in [0, 0.05) is 12.5 Å². The van der Waals surface area contributed by atoms with E-state index >= 15 is 0 Å². The van der Waals surface area contributed by atoms with Gasteiger partial charge in [0.1, 0.15) is 5.60 Å². The molecule has 0 bridgehead atoms. The molecule has 4 nitrogen and oxygen atoms in total. The molecule has 14 heavy (non-hydrogen) atoms. The predicted octanol–water partition coefficient (Wildman–Crippen LogP) is 0.689. The van der Waals surface area contributed by atoms with Gasteiger partial charge in [0.15, 0.2) is 0 Å². The number of aliphatic hydroxyl groups is 1. The first-order valence-corrected chi connectivity index (χ1v) is 4.89. The zero-order valence-electron chi connectivity index (χ0n) is 9.46. The SMILES string of the molecule is CN[C@H](CO)CCC(=O)OC(C)(C)C. The normalized spacial score (nSPS) is 13.8. The largest absolute Gasteiger partial charge is 0.460 e. The molecule has 0 aromatic heterocycles. The second-order valence-electron chi connectivity index (χ2n) is 4.29. The molecule has 0 fully saturated rings. The third kappa shape index (κ3) is 6.86. The molecule has 0 aliphatic rings. The van der Waals surface area contributed by atoms with E-state index in [1.165, 1.54) is 0 Å². The highest BCUT2D eigenvalue weighted by atomic mass is 16.6. The first kappa shape index (κ1) is 13.4. The lowest BCUT2D eigenvalue weighted by atomic mass is 10.1. The maximum atomic E-state index is 11.3. The van der Waals surface area contributed by atoms with Crippen molar-refractivity contribution in [2.45, 2.75) is 45.3 Å². The summed E-state index contributed by atoms with van der Waals surface area (Å²) in [5.74, 6) is -0.216. The minimum Gasteiger partial charge on any atom is -0.460 e. The van der Waals surface area contributed by atoms with Crippen LogP contribution in [0.1, 0.15) is 33.6 Å². The van der Waals surface area contributed by atoms with E-state index in [4.69, 9.17) is 9.84 Å². The van der Waals surface area contributed by atoms with Crippen molar-refractivity contribution in [2.75, 3.05) is 13.7 Å². The molecule has 0 aromatic rings. The number of nitrogens with one attached hydrogen (secondary N) is 1. The molecule has 0 rings (SSSR count). The highest BCUT2D eigenvalue weighted by Gasteiger charge is 2.17. The van der Waals surface area contributed by atoms with Gasteiger partial charge in [-0.05, 0) is 34.2 Å². The van der Waals surface area contributed by atoms with Gasteiger partial charge in [-0.15, -0.1) is 0 Å². The van der Waals surface area contributed by atoms with Crippen molar-refractivity contribution in [1.29, 1.82) is 0 Å². The summed E-state index contributed by atoms with van der Waals surface area (Å²) >= 11 is 0. The number of rotatable bonds is 5. The van der Waals surface area contributed by atoms with Crippen molar-refractivity contribution in [3.63, 3.8) is 0 Å². The van der Waals surface area contributed by atoms with Gasteiger partial charge in [0.25, 0.3) is 0 Å². The van der Waals surface area contributed by atoms with Crippen LogP contribution in [0.3, 0.4) is 0 Å². The van der Waals surface area contributed by atoms with E-state index in [9.17, 15) is 4.79 Å². The van der Waals surface area contributed by atoms with Gasteiger partial charge in [-0.1, -0.05) is 0 Å². The molecule has 0 unspecified atom stereocenters. The number of hydrogen-bond acceptors (Lipinski definition) is 4. The minimum atomic E-state index is -0.425. The zero-order chi connectivity index (χ0) is 11.2. The Kier molecular flexibility index (Phi) is 5.72. The van der Waals surface area contributed by atoms with Crippen LogP contribution in [0.5, 0.6) is 0 Å². The van der Waals surface area contributed by atoms with Crippen molar-refractivity contribution < 1.29 is 14.6 Å². The molecule has 2 N–H and O–H groups in total. The molecule has 0 spiro atoms. The molecule has 0 heterocycles. The topological polar surface area (TPSA) is 58.6 Å². The summed E-state index contributed by atoms with van der Waals surface area (Å²) in [4.78, 5) is 11.3. The Morgan fingerprint density at radius 3 is 2.43 bits per heavy atom. The Labute approximate surface area is 85.6 Å². The number of esters is 1. The third-order valence-electron chi connectivity index (χ3n) is 1.75. The van der Waals surface area contributed by atoms with Crippen molar-refractivity contribution in [1.82, 2.24) is 5.32 Å². The van der Waals surface area contributed by atoms with Crippen LogP contribution in [-0.4, -0.2) is 36.4 Å². The second-order valence-corrected chi connectivity index (χ2v) is 4.29. The molecule has 0 aliphatic heterocycles. The van der Waals surface area contributed by atoms with Crippen LogP contribution in [0, 0.1) is 0 Å². The lowest BCUT2D eigenvalue weighted by Gasteiger charge is -2.20. The molecule has 0 saturated carbocycles. The van der Waals surface area contributed by atoms with E-state index in [0.29, 0.717) is 12.8 Å². The average Bonchev–Trinajstić information content (AvgIpc) is 2.03. The number of carbonyl (C=O) groups is 1. The molecule has 4 heteroatoms. The lowest BCUT2D eigenvalue weighted by Crippen LogP contribution is -2.31. The maximum absolute atomic E-state index is 11.3. The second kappa shape index (κ2) is 5.98. The third-order valence-corrected chi connectivity index (χ3v) is 1.75. The van der Waals surface area contributed by atoms with E-state index in [2.05, 4.69) is 5.32 Å². The van der Waals surface area contributed by atoms with Gasteiger partial charge in [0.2, 0.25) is 0 Å². The molecule has 0 aromatic carbocycles. The summed E-state index contributed by atoms with van der Waals surface area (Å²) < 4.78 is 5.13. The van der Waals surface area contributed by atoms with E-state index < -0.39 is 5.60 Å². The van der Waals surface area contributed by atoms with Gasteiger partial charge in [0.05, 0.1) is 6.61 Å². The Morgan fingerprint density at radius 2 is 2.07 bits per heavy atom. The monoisotopic (exact) mass is 203 g/mol. The van der Waals surface area contributed by atoms with Crippen molar-refractivity contribution in [2.24, 2.45) is 0 Å². The summed E-state index contributed by atoms with van der Waals surface area (Å²) in [7, 11) is 1.76. The van der Waals surface area contributed by atoms with Crippen molar-refractivity contribution >= 4 is 5.97 Å². The van der Waals surface area contributed by atoms with E-state index in [-0.39, 0.29) is 18.6 Å². The zero-order valence-corrected chi connectivity index (χ0v) is 9.46. The van der Waals surface area contributed by atoms with Gasteiger partial charge in [-0.2, -0.15) is 0 Å². The molecule has 0 amide bonds. The first-order chi connectivity index (χ1) is 6.39. The Balaban J connectivity index is 3.74. The minimum absolute atomic E-state index is 0.0254. The molecule has 84 valence electrons. The van der Waals surface area contributed by atoms with Gasteiger partial charge in [-0.3, -0.25) is 4.79 Å². The van der Waals surface area contributed by atoms with Gasteiger partial charge in [-0.25, -0.2) is 0 Å². The van der Waals surface area contributed by atoms with Gasteiger partial charge < -0.3 is 15.2 Å². The van der Waals surface area contributed by atoms with E-state index in [1.807, 2.05) is 20.8 Å². The fraction of sp³-hybridized carbons (Fsp3) is 0.900. The quantitative estimate of drug-likeness (QED) is 0.645. The van der Waals surface area contributed by atoms with Crippen LogP contribution >= 0.6 is 0 Å². The summed E-state index contributed by atoms with van der Waals surface area (Å²) in [6.07, 6.45) is 0.936. The Bertz CT molecular complexity index is 171. The lowest BCUT2D eigenvalue weighted by molar-refractivity contribution is -0.155. The fourth-order valence-electron chi connectivity index (χ4n) is 1.01. The van der Waals surface area contributed by atoms with Crippen LogP contribution in [-0.2, 0) is 9.53 Å². The van der Waals surface area contributed by atoms with Crippen molar-refractivity contribution in [3.05, 3.63) is 0 Å². The van der Waals surface area contributed by atoms with Crippen LogP contribution in [0.25, 0.3) is 0 Å². The summed E-state index contributed by atoms with van der Waals surface area (Å²) in [6, 6.07) is -0.0254. The Morgan fingerprint density at radius 1 is 1.50 bits per heavy atom. The summed E-state index contributed by atoms with van der Waals surface area (Å²) in [6.45, 7) is 5.56. The first-order valence-electron chi connectivity index (χ1n) is 4.89. The van der Waals surface area contributed by atoms with Gasteiger partial charge >= 0.3 is 5.97 Å². The summed E-state index contributed by atoms with van der Waals surface area (Å²) in [5, 5.41) is 11.8. The average molecular weight is 203 g/mol. The molecule has 1 atom stereocenters. The standard InChI is InChI=1S/C10H21NO3/c1-10(2,3)14-9(13)6-5-8(7-12)11-4/h8,11-12H,5-7H2,1-4H3/t8-/m0/s1. The molecule has 0 saturated heterocycles. The van der Waals surface area contributed by atoms with Crippen LogP contribution in [0.15, 0.2) is 0 Å². The van der Waals surface area contributed by atoms with Crippen LogP contribution in [0.2, 0.25) is 0 Å². The highest BCUT2D eigenvalue weighted by molar-refractivity contribution is 5.69. The highest BCUT2D eigenvalue weighted by Crippen LogP contribution is 2.09. The molecular weight excluding hydrogens is 182 g/mol. The smallest absolute Gasteiger partial charge is 0.306 e.